The van der Waals surface area contributed by atoms with Crippen LogP contribution in [0.2, 0.25) is 0 Å². The lowest BCUT2D eigenvalue weighted by atomic mass is 10.2. The maximum Gasteiger partial charge on any atom is 0.343 e. The first-order chi connectivity index (χ1) is 10.1. The van der Waals surface area contributed by atoms with E-state index in [0.29, 0.717) is 5.76 Å². The van der Waals surface area contributed by atoms with E-state index in [1.165, 1.54) is 23.2 Å². The Balaban J connectivity index is 2.53. The van der Waals surface area contributed by atoms with E-state index < -0.39 is 17.4 Å². The minimum Gasteiger partial charge on any atom is -0.467 e. The first-order valence-electron chi connectivity index (χ1n) is 6.00. The Morgan fingerprint density at radius 2 is 1.71 bits per heavy atom. The first-order valence-corrected chi connectivity index (χ1v) is 6.00. The number of pyridine rings is 1. The molecule has 2 heterocycles. The van der Waals surface area contributed by atoms with Crippen molar-refractivity contribution in [3.63, 3.8) is 0 Å². The zero-order valence-corrected chi connectivity index (χ0v) is 11.5. The maximum absolute atomic E-state index is 12.1. The number of carbonyl (C=O) groups excluding carboxylic acids is 2. The summed E-state index contributed by atoms with van der Waals surface area (Å²) in [5, 5.41) is 0. The number of methoxy groups -OCH3 is 2. The smallest absolute Gasteiger partial charge is 0.343 e. The molecule has 110 valence electrons. The summed E-state index contributed by atoms with van der Waals surface area (Å²) >= 11 is 0. The lowest BCUT2D eigenvalue weighted by molar-refractivity contribution is 0.0594. The molecule has 0 saturated heterocycles. The third-order valence-electron chi connectivity index (χ3n) is 2.81. The van der Waals surface area contributed by atoms with Crippen LogP contribution in [-0.2, 0) is 16.0 Å². The topological polar surface area (TPSA) is 87.7 Å². The lowest BCUT2D eigenvalue weighted by Gasteiger charge is -2.09. The fourth-order valence-corrected chi connectivity index (χ4v) is 1.82. The van der Waals surface area contributed by atoms with Gasteiger partial charge in [-0.05, 0) is 12.1 Å². The second-order valence-electron chi connectivity index (χ2n) is 4.15. The average Bonchev–Trinajstić information content (AvgIpc) is 3.00. The van der Waals surface area contributed by atoms with Crippen molar-refractivity contribution >= 4 is 11.9 Å². The van der Waals surface area contributed by atoms with Gasteiger partial charge in [0.1, 0.15) is 16.9 Å². The largest absolute Gasteiger partial charge is 0.467 e. The molecule has 0 bridgehead atoms. The summed E-state index contributed by atoms with van der Waals surface area (Å²) in [4.78, 5) is 35.4. The van der Waals surface area contributed by atoms with Gasteiger partial charge >= 0.3 is 11.9 Å². The van der Waals surface area contributed by atoms with Gasteiger partial charge in [-0.15, -0.1) is 0 Å². The molecule has 0 N–H and O–H groups in total. The van der Waals surface area contributed by atoms with Crippen LogP contribution in [0.3, 0.4) is 0 Å². The normalized spacial score (nSPS) is 10.2. The van der Waals surface area contributed by atoms with Gasteiger partial charge in [0.25, 0.3) is 0 Å². The predicted molar refractivity (Wildman–Crippen MR) is 71.2 cm³/mol. The highest BCUT2D eigenvalue weighted by Gasteiger charge is 2.20. The number of hydrogen-bond donors (Lipinski definition) is 0. The molecule has 0 spiro atoms. The number of nitrogens with zero attached hydrogens (tertiary/aromatic N) is 1. The molecule has 0 fully saturated rings. The molecule has 2 rings (SSSR count). The molecule has 0 aliphatic carbocycles. The van der Waals surface area contributed by atoms with Gasteiger partial charge in [0, 0.05) is 12.4 Å². The van der Waals surface area contributed by atoms with Crippen LogP contribution in [0.25, 0.3) is 0 Å². The zero-order chi connectivity index (χ0) is 15.4. The monoisotopic (exact) mass is 291 g/mol. The Labute approximate surface area is 119 Å². The molecule has 0 aromatic carbocycles. The van der Waals surface area contributed by atoms with E-state index in [0.717, 1.165) is 14.2 Å². The van der Waals surface area contributed by atoms with Crippen LogP contribution in [0.5, 0.6) is 0 Å². The first kappa shape index (κ1) is 14.6. The molecular weight excluding hydrogens is 278 g/mol. The number of esters is 2. The lowest BCUT2D eigenvalue weighted by Crippen LogP contribution is -2.26. The van der Waals surface area contributed by atoms with Crippen molar-refractivity contribution in [1.82, 2.24) is 4.57 Å². The zero-order valence-electron chi connectivity index (χ0n) is 11.5. The molecule has 0 radical (unpaired) electrons. The van der Waals surface area contributed by atoms with Crippen molar-refractivity contribution in [2.24, 2.45) is 0 Å². The molecule has 0 amide bonds. The molecule has 0 unspecified atom stereocenters. The Kier molecular flexibility index (Phi) is 4.22. The van der Waals surface area contributed by atoms with E-state index >= 15 is 0 Å². The van der Waals surface area contributed by atoms with Gasteiger partial charge in [-0.2, -0.15) is 0 Å². The summed E-state index contributed by atoms with van der Waals surface area (Å²) in [6, 6.07) is 3.44. The summed E-state index contributed by atoms with van der Waals surface area (Å²) in [5.41, 5.74) is -1.22. The van der Waals surface area contributed by atoms with E-state index in [1.807, 2.05) is 0 Å². The van der Waals surface area contributed by atoms with Gasteiger partial charge in [0.2, 0.25) is 5.43 Å². The second kappa shape index (κ2) is 6.08. The number of ether oxygens (including phenoxy) is 2. The molecule has 2 aromatic rings. The number of aromatic nitrogens is 1. The van der Waals surface area contributed by atoms with E-state index in [-0.39, 0.29) is 17.7 Å². The van der Waals surface area contributed by atoms with Crippen LogP contribution in [0.15, 0.2) is 40.0 Å². The van der Waals surface area contributed by atoms with Crippen LogP contribution < -0.4 is 5.43 Å². The van der Waals surface area contributed by atoms with Gasteiger partial charge in [-0.25, -0.2) is 9.59 Å². The number of furan rings is 1. The van der Waals surface area contributed by atoms with E-state index in [2.05, 4.69) is 9.47 Å². The standard InChI is InChI=1S/C14H13NO6/c1-19-13(17)10-7-15(6-9-4-3-5-21-9)8-11(12(10)16)14(18)20-2/h3-5,7-8H,6H2,1-2H3. The molecular formula is C14H13NO6. The van der Waals surface area contributed by atoms with Crippen molar-refractivity contribution in [3.8, 4) is 0 Å². The van der Waals surface area contributed by atoms with Gasteiger partial charge in [0.05, 0.1) is 27.0 Å². The predicted octanol–water partition coefficient (Wildman–Crippen LogP) is 1.06. The summed E-state index contributed by atoms with van der Waals surface area (Å²) in [6.45, 7) is 0.251. The van der Waals surface area contributed by atoms with E-state index in [1.54, 1.807) is 12.1 Å². The Hall–Kier alpha value is -2.83. The summed E-state index contributed by atoms with van der Waals surface area (Å²) in [5.74, 6) is -1.04. The van der Waals surface area contributed by atoms with Crippen LogP contribution in [0.1, 0.15) is 26.5 Å². The molecule has 0 aliphatic heterocycles. The van der Waals surface area contributed by atoms with E-state index in [9.17, 15) is 14.4 Å². The Bertz CT molecular complexity index is 673. The van der Waals surface area contributed by atoms with Gasteiger partial charge in [-0.1, -0.05) is 0 Å². The highest BCUT2D eigenvalue weighted by Crippen LogP contribution is 2.07. The summed E-state index contributed by atoms with van der Waals surface area (Å²) < 4.78 is 15.8. The average molecular weight is 291 g/mol. The minimum absolute atomic E-state index is 0.244. The van der Waals surface area contributed by atoms with Crippen molar-refractivity contribution < 1.29 is 23.5 Å². The van der Waals surface area contributed by atoms with E-state index in [4.69, 9.17) is 4.42 Å². The molecule has 0 aliphatic rings. The number of hydrogen-bond acceptors (Lipinski definition) is 6. The molecule has 0 atom stereocenters. The van der Waals surface area contributed by atoms with Gasteiger partial charge in [0.15, 0.2) is 0 Å². The summed E-state index contributed by atoms with van der Waals surface area (Å²) in [7, 11) is 2.31. The fraction of sp³-hybridized carbons (Fsp3) is 0.214. The van der Waals surface area contributed by atoms with Crippen molar-refractivity contribution in [2.45, 2.75) is 6.54 Å². The molecule has 2 aromatic heterocycles. The quantitative estimate of drug-likeness (QED) is 0.783. The summed E-state index contributed by atoms with van der Waals surface area (Å²) in [6.07, 6.45) is 4.12. The molecule has 21 heavy (non-hydrogen) atoms. The van der Waals surface area contributed by atoms with Crippen LogP contribution in [0, 0.1) is 0 Å². The molecule has 0 saturated carbocycles. The van der Waals surface area contributed by atoms with Gasteiger partial charge < -0.3 is 18.5 Å². The number of carbonyl (C=O) groups is 2. The highest BCUT2D eigenvalue weighted by molar-refractivity contribution is 5.94. The van der Waals surface area contributed by atoms with Crippen LogP contribution in [0.4, 0.5) is 0 Å². The SMILES string of the molecule is COC(=O)c1cn(Cc2ccco2)cc(C(=O)OC)c1=O. The Morgan fingerprint density at radius 3 is 2.14 bits per heavy atom. The van der Waals surface area contributed by atoms with Crippen molar-refractivity contribution in [3.05, 3.63) is 57.9 Å². The fourth-order valence-electron chi connectivity index (χ4n) is 1.82. The molecule has 7 heteroatoms. The number of rotatable bonds is 4. The minimum atomic E-state index is -0.820. The van der Waals surface area contributed by atoms with Crippen LogP contribution >= 0.6 is 0 Å². The third-order valence-corrected chi connectivity index (χ3v) is 2.81. The second-order valence-corrected chi connectivity index (χ2v) is 4.15. The third kappa shape index (κ3) is 3.02. The maximum atomic E-state index is 12.1. The van der Waals surface area contributed by atoms with Crippen LogP contribution in [-0.4, -0.2) is 30.7 Å². The Morgan fingerprint density at radius 1 is 1.14 bits per heavy atom. The molecule has 7 nitrogen and oxygen atoms in total. The van der Waals surface area contributed by atoms with Crippen molar-refractivity contribution in [2.75, 3.05) is 14.2 Å². The van der Waals surface area contributed by atoms with Crippen molar-refractivity contribution in [1.29, 1.82) is 0 Å². The van der Waals surface area contributed by atoms with Gasteiger partial charge in [-0.3, -0.25) is 4.79 Å². The highest BCUT2D eigenvalue weighted by atomic mass is 16.5.